The smallest absolute Gasteiger partial charge is 0.237 e. The molecule has 2 aliphatic rings. The first-order valence-corrected chi connectivity index (χ1v) is 7.36. The zero-order chi connectivity index (χ0) is 13.1. The Balaban J connectivity index is 1.83. The minimum absolute atomic E-state index is 0.0697. The first-order chi connectivity index (χ1) is 8.63. The van der Waals surface area contributed by atoms with Crippen LogP contribution in [0.3, 0.4) is 0 Å². The standard InChI is InChI=1S/C14H27N3O/c1-10(14(18)16-12-5-3-4-6-12)17(2)13(9-15)11-7-8-11/h10-13H,3-9,15H2,1-2H3,(H,16,18). The largest absolute Gasteiger partial charge is 0.352 e. The van der Waals surface area contributed by atoms with Gasteiger partial charge in [0.2, 0.25) is 5.91 Å². The first kappa shape index (κ1) is 13.8. The molecule has 0 spiro atoms. The molecule has 2 aliphatic carbocycles. The lowest BCUT2D eigenvalue weighted by Gasteiger charge is -2.32. The van der Waals surface area contributed by atoms with Crippen LogP contribution in [0.15, 0.2) is 0 Å². The number of nitrogens with two attached hydrogens (primary N) is 1. The van der Waals surface area contributed by atoms with Crippen molar-refractivity contribution in [2.75, 3.05) is 13.6 Å². The van der Waals surface area contributed by atoms with E-state index in [1.807, 2.05) is 14.0 Å². The van der Waals surface area contributed by atoms with Crippen molar-refractivity contribution in [2.24, 2.45) is 11.7 Å². The maximum atomic E-state index is 12.2. The Morgan fingerprint density at radius 3 is 2.44 bits per heavy atom. The van der Waals surface area contributed by atoms with E-state index in [0.717, 1.165) is 12.8 Å². The van der Waals surface area contributed by atoms with Crippen molar-refractivity contribution in [3.05, 3.63) is 0 Å². The van der Waals surface area contributed by atoms with E-state index in [1.54, 1.807) is 0 Å². The SMILES string of the molecule is CC(C(=O)NC1CCCC1)N(C)C(CN)C1CC1. The fourth-order valence-electron chi connectivity index (χ4n) is 3.04. The van der Waals surface area contributed by atoms with Crippen molar-refractivity contribution in [1.29, 1.82) is 0 Å². The molecule has 1 amide bonds. The van der Waals surface area contributed by atoms with Crippen LogP contribution in [-0.4, -0.2) is 42.5 Å². The van der Waals surface area contributed by atoms with Gasteiger partial charge in [-0.25, -0.2) is 0 Å². The van der Waals surface area contributed by atoms with Crippen molar-refractivity contribution in [1.82, 2.24) is 10.2 Å². The predicted octanol–water partition coefficient (Wildman–Crippen LogP) is 1.10. The van der Waals surface area contributed by atoms with Crippen LogP contribution in [0.5, 0.6) is 0 Å². The summed E-state index contributed by atoms with van der Waals surface area (Å²) in [5, 5.41) is 3.18. The Kier molecular flexibility index (Phi) is 4.62. The lowest BCUT2D eigenvalue weighted by atomic mass is 10.1. The summed E-state index contributed by atoms with van der Waals surface area (Å²) in [6, 6.07) is 0.708. The molecule has 2 atom stereocenters. The average Bonchev–Trinajstić information content (AvgIpc) is 3.06. The summed E-state index contributed by atoms with van der Waals surface area (Å²) < 4.78 is 0. The van der Waals surface area contributed by atoms with Gasteiger partial charge in [-0.2, -0.15) is 0 Å². The molecule has 0 aliphatic heterocycles. The Morgan fingerprint density at radius 2 is 1.94 bits per heavy atom. The van der Waals surface area contributed by atoms with E-state index in [9.17, 15) is 4.79 Å². The molecule has 104 valence electrons. The Morgan fingerprint density at radius 1 is 1.33 bits per heavy atom. The van der Waals surface area contributed by atoms with Crippen molar-refractivity contribution in [3.8, 4) is 0 Å². The van der Waals surface area contributed by atoms with Gasteiger partial charge in [-0.3, -0.25) is 9.69 Å². The summed E-state index contributed by atoms with van der Waals surface area (Å²) in [4.78, 5) is 14.4. The molecule has 0 bridgehead atoms. The minimum atomic E-state index is -0.0697. The third-order valence-electron chi connectivity index (χ3n) is 4.62. The molecule has 18 heavy (non-hydrogen) atoms. The summed E-state index contributed by atoms with van der Waals surface area (Å²) in [5.74, 6) is 0.880. The van der Waals surface area contributed by atoms with Crippen LogP contribution in [0.25, 0.3) is 0 Å². The van der Waals surface area contributed by atoms with Crippen molar-refractivity contribution < 1.29 is 4.79 Å². The summed E-state index contributed by atoms with van der Waals surface area (Å²) in [6.07, 6.45) is 7.33. The zero-order valence-electron chi connectivity index (χ0n) is 11.7. The lowest BCUT2D eigenvalue weighted by Crippen LogP contribution is -2.52. The lowest BCUT2D eigenvalue weighted by molar-refractivity contribution is -0.127. The normalized spacial score (nSPS) is 24.2. The fourth-order valence-corrected chi connectivity index (χ4v) is 3.04. The van der Waals surface area contributed by atoms with Gasteiger partial charge >= 0.3 is 0 Å². The van der Waals surface area contributed by atoms with Gasteiger partial charge in [-0.15, -0.1) is 0 Å². The van der Waals surface area contributed by atoms with Crippen LogP contribution < -0.4 is 11.1 Å². The third kappa shape index (κ3) is 3.23. The second kappa shape index (κ2) is 6.02. The van der Waals surface area contributed by atoms with E-state index in [4.69, 9.17) is 5.73 Å². The summed E-state index contributed by atoms with van der Waals surface area (Å²) in [6.45, 7) is 2.65. The third-order valence-corrected chi connectivity index (χ3v) is 4.62. The predicted molar refractivity (Wildman–Crippen MR) is 73.2 cm³/mol. The van der Waals surface area contributed by atoms with Gasteiger partial charge in [0.1, 0.15) is 0 Å². The zero-order valence-corrected chi connectivity index (χ0v) is 11.7. The summed E-state index contributed by atoms with van der Waals surface area (Å²) in [7, 11) is 2.04. The molecule has 0 aromatic carbocycles. The molecule has 2 fully saturated rings. The van der Waals surface area contributed by atoms with Gasteiger partial charge in [0.25, 0.3) is 0 Å². The molecule has 4 heteroatoms. The highest BCUT2D eigenvalue weighted by Crippen LogP contribution is 2.35. The molecule has 0 radical (unpaired) electrons. The molecule has 0 saturated heterocycles. The molecule has 0 aromatic rings. The molecule has 2 unspecified atom stereocenters. The monoisotopic (exact) mass is 253 g/mol. The van der Waals surface area contributed by atoms with Gasteiger partial charge in [-0.05, 0) is 45.6 Å². The quantitative estimate of drug-likeness (QED) is 0.745. The van der Waals surface area contributed by atoms with Crippen LogP contribution in [0.1, 0.15) is 45.4 Å². The number of amides is 1. The number of carbonyl (C=O) groups excluding carboxylic acids is 1. The van der Waals surface area contributed by atoms with Gasteiger partial charge in [0.15, 0.2) is 0 Å². The molecular weight excluding hydrogens is 226 g/mol. The highest BCUT2D eigenvalue weighted by Gasteiger charge is 2.36. The molecule has 0 heterocycles. The van der Waals surface area contributed by atoms with E-state index < -0.39 is 0 Å². The fraction of sp³-hybridized carbons (Fsp3) is 0.929. The van der Waals surface area contributed by atoms with Gasteiger partial charge in [0.05, 0.1) is 6.04 Å². The van der Waals surface area contributed by atoms with Crippen molar-refractivity contribution >= 4 is 5.91 Å². The number of carbonyl (C=O) groups is 1. The maximum Gasteiger partial charge on any atom is 0.237 e. The maximum absolute atomic E-state index is 12.2. The number of likely N-dealkylation sites (N-methyl/N-ethyl adjacent to an activating group) is 1. The highest BCUT2D eigenvalue weighted by atomic mass is 16.2. The van der Waals surface area contributed by atoms with Crippen molar-refractivity contribution in [2.45, 2.75) is 63.6 Å². The molecule has 4 nitrogen and oxygen atoms in total. The number of nitrogens with one attached hydrogen (secondary N) is 1. The molecular formula is C14H27N3O. The van der Waals surface area contributed by atoms with E-state index in [-0.39, 0.29) is 11.9 Å². The molecule has 0 aromatic heterocycles. The highest BCUT2D eigenvalue weighted by molar-refractivity contribution is 5.81. The molecule has 2 rings (SSSR count). The van der Waals surface area contributed by atoms with Crippen LogP contribution in [0.4, 0.5) is 0 Å². The van der Waals surface area contributed by atoms with Crippen LogP contribution in [-0.2, 0) is 4.79 Å². The number of hydrogen-bond donors (Lipinski definition) is 2. The number of hydrogen-bond acceptors (Lipinski definition) is 3. The average molecular weight is 253 g/mol. The Labute approximate surface area is 110 Å². The number of rotatable bonds is 6. The van der Waals surface area contributed by atoms with Gasteiger partial charge in [0, 0.05) is 18.6 Å². The summed E-state index contributed by atoms with van der Waals surface area (Å²) in [5.41, 5.74) is 5.84. The van der Waals surface area contributed by atoms with E-state index in [1.165, 1.54) is 25.7 Å². The van der Waals surface area contributed by atoms with Crippen molar-refractivity contribution in [3.63, 3.8) is 0 Å². The Bertz CT molecular complexity index is 285. The minimum Gasteiger partial charge on any atom is -0.352 e. The second-order valence-corrected chi connectivity index (χ2v) is 5.97. The van der Waals surface area contributed by atoms with Gasteiger partial charge < -0.3 is 11.1 Å². The van der Waals surface area contributed by atoms with E-state index >= 15 is 0 Å². The second-order valence-electron chi connectivity index (χ2n) is 5.97. The number of nitrogens with zero attached hydrogens (tertiary/aromatic N) is 1. The molecule has 3 N–H and O–H groups in total. The van der Waals surface area contributed by atoms with E-state index in [2.05, 4.69) is 10.2 Å². The Hall–Kier alpha value is -0.610. The summed E-state index contributed by atoms with van der Waals surface area (Å²) >= 11 is 0. The van der Waals surface area contributed by atoms with Crippen LogP contribution >= 0.6 is 0 Å². The van der Waals surface area contributed by atoms with Crippen LogP contribution in [0.2, 0.25) is 0 Å². The van der Waals surface area contributed by atoms with E-state index in [0.29, 0.717) is 24.5 Å². The van der Waals surface area contributed by atoms with Gasteiger partial charge in [-0.1, -0.05) is 12.8 Å². The first-order valence-electron chi connectivity index (χ1n) is 7.36. The van der Waals surface area contributed by atoms with Crippen LogP contribution in [0, 0.1) is 5.92 Å². The molecule has 2 saturated carbocycles. The topological polar surface area (TPSA) is 58.4 Å².